The van der Waals surface area contributed by atoms with Crippen molar-refractivity contribution in [2.45, 2.75) is 19.4 Å². The molecule has 1 aliphatic heterocycles. The van der Waals surface area contributed by atoms with Crippen LogP contribution in [-0.2, 0) is 0 Å². The molecule has 0 spiro atoms. The van der Waals surface area contributed by atoms with Crippen LogP contribution in [0.25, 0.3) is 21.7 Å². The first-order valence-electron chi connectivity index (χ1n) is 11.6. The Bertz CT molecular complexity index is 1320. The number of aryl methyl sites for hydroxylation is 1. The molecule has 6 rings (SSSR count). The van der Waals surface area contributed by atoms with E-state index in [1.54, 1.807) is 17.5 Å². The number of fused-ring (bicyclic) bond motifs is 1. The second-order valence-electron chi connectivity index (χ2n) is 8.97. The van der Waals surface area contributed by atoms with E-state index in [2.05, 4.69) is 15.3 Å². The standard InChI is InChI=1S/C27H25N5OS/c1-17-30-24(25(34-17)19-10-6-3-7-11-19)26(33)32-16-20-14-21(20)23(32)15-29-27-28-13-12-22(31-27)18-8-4-2-5-9-18/h2-13,20-21,23H,14-16H2,1H3,(H,28,29,31)/t20-,21-,23-/m1/s1. The molecule has 7 heteroatoms. The Hall–Kier alpha value is -3.58. The van der Waals surface area contributed by atoms with Crippen molar-refractivity contribution in [1.82, 2.24) is 19.9 Å². The van der Waals surface area contributed by atoms with Gasteiger partial charge in [-0.2, -0.15) is 0 Å². The number of carbonyl (C=O) groups is 1. The summed E-state index contributed by atoms with van der Waals surface area (Å²) in [6.45, 7) is 3.39. The Morgan fingerprint density at radius 1 is 1.03 bits per heavy atom. The number of nitrogens with zero attached hydrogens (tertiary/aromatic N) is 4. The zero-order valence-electron chi connectivity index (χ0n) is 18.9. The first-order valence-corrected chi connectivity index (χ1v) is 12.4. The smallest absolute Gasteiger partial charge is 0.274 e. The average Bonchev–Trinajstić information content (AvgIpc) is 3.40. The van der Waals surface area contributed by atoms with Gasteiger partial charge in [-0.3, -0.25) is 4.79 Å². The molecule has 1 amide bonds. The van der Waals surface area contributed by atoms with Crippen molar-refractivity contribution < 1.29 is 4.79 Å². The van der Waals surface area contributed by atoms with Crippen molar-refractivity contribution in [1.29, 1.82) is 0 Å². The zero-order chi connectivity index (χ0) is 23.1. The molecule has 3 atom stereocenters. The molecular weight excluding hydrogens is 442 g/mol. The predicted octanol–water partition coefficient (Wildman–Crippen LogP) is 5.15. The van der Waals surface area contributed by atoms with E-state index in [1.165, 1.54) is 6.42 Å². The van der Waals surface area contributed by atoms with Gasteiger partial charge in [0.2, 0.25) is 5.95 Å². The summed E-state index contributed by atoms with van der Waals surface area (Å²) in [6, 6.07) is 22.2. The van der Waals surface area contributed by atoms with Crippen LogP contribution in [0, 0.1) is 18.8 Å². The normalized spacial score (nSPS) is 20.7. The zero-order valence-corrected chi connectivity index (χ0v) is 19.7. The molecule has 6 nitrogen and oxygen atoms in total. The Balaban J connectivity index is 1.21. The van der Waals surface area contributed by atoms with Crippen LogP contribution >= 0.6 is 11.3 Å². The van der Waals surface area contributed by atoms with Gasteiger partial charge in [-0.25, -0.2) is 15.0 Å². The van der Waals surface area contributed by atoms with E-state index < -0.39 is 0 Å². The number of nitrogens with one attached hydrogen (secondary N) is 1. The van der Waals surface area contributed by atoms with Crippen LogP contribution in [0.1, 0.15) is 21.9 Å². The fourth-order valence-corrected chi connectivity index (χ4v) is 5.89. The molecule has 1 N–H and O–H groups in total. The lowest BCUT2D eigenvalue weighted by atomic mass is 10.1. The Kier molecular flexibility index (Phi) is 5.34. The highest BCUT2D eigenvalue weighted by atomic mass is 32.1. The summed E-state index contributed by atoms with van der Waals surface area (Å²) in [7, 11) is 0. The molecule has 34 heavy (non-hydrogen) atoms. The van der Waals surface area contributed by atoms with Crippen molar-refractivity contribution in [3.63, 3.8) is 0 Å². The number of thiazole rings is 1. The van der Waals surface area contributed by atoms with E-state index in [0.29, 0.717) is 30.0 Å². The molecule has 4 aromatic rings. The molecule has 2 aromatic heterocycles. The number of amides is 1. The first-order chi connectivity index (χ1) is 16.7. The maximum Gasteiger partial charge on any atom is 0.274 e. The van der Waals surface area contributed by atoms with Gasteiger partial charge in [0.25, 0.3) is 5.91 Å². The minimum Gasteiger partial charge on any atom is -0.352 e. The maximum atomic E-state index is 13.7. The third kappa shape index (κ3) is 3.96. The van der Waals surface area contributed by atoms with Crippen molar-refractivity contribution in [3.8, 4) is 21.7 Å². The fraction of sp³-hybridized carbons (Fsp3) is 0.259. The SMILES string of the molecule is Cc1nc(C(=O)N2C[C@H]3C[C@H]3[C@H]2CNc2nccc(-c3ccccc3)n2)c(-c2ccccc2)s1. The predicted molar refractivity (Wildman–Crippen MR) is 135 cm³/mol. The lowest BCUT2D eigenvalue weighted by Crippen LogP contribution is -2.42. The van der Waals surface area contributed by atoms with Crippen molar-refractivity contribution >= 4 is 23.2 Å². The quantitative estimate of drug-likeness (QED) is 0.425. The molecule has 0 radical (unpaired) electrons. The van der Waals surface area contributed by atoms with Gasteiger partial charge in [0, 0.05) is 24.8 Å². The van der Waals surface area contributed by atoms with Gasteiger partial charge in [0.1, 0.15) is 5.69 Å². The van der Waals surface area contributed by atoms with Gasteiger partial charge in [-0.15, -0.1) is 11.3 Å². The highest BCUT2D eigenvalue weighted by molar-refractivity contribution is 7.15. The molecule has 3 heterocycles. The highest BCUT2D eigenvalue weighted by Crippen LogP contribution is 2.50. The first kappa shape index (κ1) is 21.0. The Morgan fingerprint density at radius 2 is 1.76 bits per heavy atom. The van der Waals surface area contributed by atoms with E-state index in [0.717, 1.165) is 33.3 Å². The second-order valence-corrected chi connectivity index (χ2v) is 10.2. The summed E-state index contributed by atoms with van der Waals surface area (Å²) in [5.74, 6) is 1.74. The van der Waals surface area contributed by atoms with Gasteiger partial charge in [-0.05, 0) is 36.8 Å². The number of hydrogen-bond acceptors (Lipinski definition) is 6. The topological polar surface area (TPSA) is 71.0 Å². The van der Waals surface area contributed by atoms with Gasteiger partial charge in [0.05, 0.1) is 21.6 Å². The third-order valence-electron chi connectivity index (χ3n) is 6.73. The largest absolute Gasteiger partial charge is 0.352 e. The average molecular weight is 468 g/mol. The number of hydrogen-bond donors (Lipinski definition) is 1. The van der Waals surface area contributed by atoms with Gasteiger partial charge in [-0.1, -0.05) is 60.7 Å². The maximum absolute atomic E-state index is 13.7. The molecular formula is C27H25N5OS. The van der Waals surface area contributed by atoms with Gasteiger partial charge in [0.15, 0.2) is 0 Å². The van der Waals surface area contributed by atoms with E-state index in [9.17, 15) is 4.79 Å². The highest BCUT2D eigenvalue weighted by Gasteiger charge is 2.54. The molecule has 2 aromatic carbocycles. The minimum absolute atomic E-state index is 0.0288. The summed E-state index contributed by atoms with van der Waals surface area (Å²) < 4.78 is 0. The number of rotatable bonds is 6. The van der Waals surface area contributed by atoms with Crippen LogP contribution in [0.5, 0.6) is 0 Å². The second kappa shape index (κ2) is 8.65. The Morgan fingerprint density at radius 3 is 2.53 bits per heavy atom. The van der Waals surface area contributed by atoms with Crippen LogP contribution in [0.15, 0.2) is 72.9 Å². The van der Waals surface area contributed by atoms with Crippen LogP contribution in [0.3, 0.4) is 0 Å². The van der Waals surface area contributed by atoms with Gasteiger partial charge >= 0.3 is 0 Å². The van der Waals surface area contributed by atoms with E-state index in [1.807, 2.05) is 78.6 Å². The molecule has 1 aliphatic carbocycles. The number of aromatic nitrogens is 3. The summed E-state index contributed by atoms with van der Waals surface area (Å²) in [4.78, 5) is 30.4. The number of carbonyl (C=O) groups excluding carboxylic acids is 1. The molecule has 1 saturated carbocycles. The molecule has 0 unspecified atom stereocenters. The summed E-state index contributed by atoms with van der Waals surface area (Å²) in [6.07, 6.45) is 2.96. The lowest BCUT2D eigenvalue weighted by Gasteiger charge is -2.27. The van der Waals surface area contributed by atoms with Crippen LogP contribution in [0.2, 0.25) is 0 Å². The lowest BCUT2D eigenvalue weighted by molar-refractivity contribution is 0.0711. The summed E-state index contributed by atoms with van der Waals surface area (Å²) >= 11 is 1.58. The van der Waals surface area contributed by atoms with E-state index in [4.69, 9.17) is 4.98 Å². The van der Waals surface area contributed by atoms with Crippen molar-refractivity contribution in [3.05, 3.63) is 83.6 Å². The molecule has 1 saturated heterocycles. The molecule has 0 bridgehead atoms. The number of piperidine rings is 1. The number of benzene rings is 2. The minimum atomic E-state index is 0.0288. The van der Waals surface area contributed by atoms with Crippen LogP contribution in [0.4, 0.5) is 5.95 Å². The summed E-state index contributed by atoms with van der Waals surface area (Å²) in [5, 5.41) is 4.32. The molecule has 170 valence electrons. The van der Waals surface area contributed by atoms with E-state index >= 15 is 0 Å². The van der Waals surface area contributed by atoms with E-state index in [-0.39, 0.29) is 11.9 Å². The number of likely N-dealkylation sites (tertiary alicyclic amines) is 1. The van der Waals surface area contributed by atoms with Gasteiger partial charge < -0.3 is 10.2 Å². The summed E-state index contributed by atoms with van der Waals surface area (Å²) in [5.41, 5.74) is 3.55. The number of anilines is 1. The Labute approximate surface area is 202 Å². The van der Waals surface area contributed by atoms with Crippen LogP contribution < -0.4 is 5.32 Å². The monoisotopic (exact) mass is 467 g/mol. The van der Waals surface area contributed by atoms with Crippen molar-refractivity contribution in [2.24, 2.45) is 11.8 Å². The van der Waals surface area contributed by atoms with Crippen molar-refractivity contribution in [2.75, 3.05) is 18.4 Å². The third-order valence-corrected chi connectivity index (χ3v) is 7.75. The molecule has 2 fully saturated rings. The van der Waals surface area contributed by atoms with Crippen LogP contribution in [-0.4, -0.2) is 44.9 Å². The molecule has 2 aliphatic rings. The fourth-order valence-electron chi connectivity index (χ4n) is 4.97.